The third kappa shape index (κ3) is 3.22. The van der Waals surface area contributed by atoms with Gasteiger partial charge in [0.15, 0.2) is 0 Å². The average Bonchev–Trinajstić information content (AvgIpc) is 2.12. The molecule has 2 nitrogen and oxygen atoms in total. The van der Waals surface area contributed by atoms with Crippen LogP contribution in [-0.4, -0.2) is 12.1 Å². The summed E-state index contributed by atoms with van der Waals surface area (Å²) < 4.78 is 50.5. The monoisotopic (exact) mass is 235 g/mol. The maximum atomic E-state index is 12.8. The lowest BCUT2D eigenvalue weighted by Crippen LogP contribution is -2.26. The summed E-state index contributed by atoms with van der Waals surface area (Å²) in [5.74, 6) is -3.91. The highest BCUT2D eigenvalue weighted by Gasteiger charge is 2.41. The molecule has 16 heavy (non-hydrogen) atoms. The van der Waals surface area contributed by atoms with Gasteiger partial charge in [-0.05, 0) is 17.7 Å². The molecule has 1 aromatic carbocycles. The summed E-state index contributed by atoms with van der Waals surface area (Å²) in [6, 6.07) is 4.05. The summed E-state index contributed by atoms with van der Waals surface area (Å²) in [6.45, 7) is 0. The van der Waals surface area contributed by atoms with Crippen LogP contribution in [0.1, 0.15) is 17.9 Å². The second-order valence-corrected chi connectivity index (χ2v) is 3.32. The molecule has 6 heteroatoms. The first-order chi connectivity index (χ1) is 7.30. The predicted octanol–water partition coefficient (Wildman–Crippen LogP) is 2.35. The lowest BCUT2D eigenvalue weighted by atomic mass is 9.95. The number of hydrogen-bond donors (Lipinski definition) is 1. The summed E-state index contributed by atoms with van der Waals surface area (Å²) in [5.41, 5.74) is 4.43. The molecular weight excluding hydrogens is 226 g/mol. The molecule has 0 bridgehead atoms. The van der Waals surface area contributed by atoms with Gasteiger partial charge in [-0.3, -0.25) is 4.79 Å². The molecule has 0 aromatic heterocycles. The van der Waals surface area contributed by atoms with Crippen molar-refractivity contribution in [2.75, 3.05) is 0 Å². The Labute approximate surface area is 89.1 Å². The first-order valence-electron chi connectivity index (χ1n) is 4.41. The molecule has 0 radical (unpaired) electrons. The Morgan fingerprint density at radius 2 is 2.00 bits per heavy atom. The lowest BCUT2D eigenvalue weighted by molar-refractivity contribution is -0.156. The summed E-state index contributed by atoms with van der Waals surface area (Å²) in [6.07, 6.45) is -5.50. The molecular formula is C10H9F4NO. The zero-order valence-corrected chi connectivity index (χ0v) is 8.09. The van der Waals surface area contributed by atoms with Gasteiger partial charge in [0.05, 0.1) is 5.92 Å². The van der Waals surface area contributed by atoms with Crippen LogP contribution < -0.4 is 5.73 Å². The van der Waals surface area contributed by atoms with Gasteiger partial charge in [0, 0.05) is 6.42 Å². The van der Waals surface area contributed by atoms with E-state index in [1.54, 1.807) is 0 Å². The zero-order valence-electron chi connectivity index (χ0n) is 8.09. The predicted molar refractivity (Wildman–Crippen MR) is 49.0 cm³/mol. The fourth-order valence-corrected chi connectivity index (χ4v) is 1.35. The van der Waals surface area contributed by atoms with Gasteiger partial charge in [0.1, 0.15) is 5.82 Å². The SMILES string of the molecule is NC(=O)CC(c1cccc(F)c1)C(F)(F)F. The van der Waals surface area contributed by atoms with Crippen molar-refractivity contribution in [1.29, 1.82) is 0 Å². The number of primary amides is 1. The number of halogens is 4. The van der Waals surface area contributed by atoms with Crippen molar-refractivity contribution in [3.8, 4) is 0 Å². The number of rotatable bonds is 3. The Morgan fingerprint density at radius 1 is 1.38 bits per heavy atom. The van der Waals surface area contributed by atoms with E-state index in [4.69, 9.17) is 5.73 Å². The van der Waals surface area contributed by atoms with Crippen LogP contribution in [0.5, 0.6) is 0 Å². The van der Waals surface area contributed by atoms with Crippen LogP contribution in [0, 0.1) is 5.82 Å². The Balaban J connectivity index is 3.06. The van der Waals surface area contributed by atoms with Crippen molar-refractivity contribution in [3.05, 3.63) is 35.6 Å². The molecule has 0 aliphatic rings. The van der Waals surface area contributed by atoms with Crippen molar-refractivity contribution < 1.29 is 22.4 Å². The number of nitrogens with two attached hydrogens (primary N) is 1. The Bertz CT molecular complexity index is 389. The quantitative estimate of drug-likeness (QED) is 0.803. The molecule has 0 saturated heterocycles. The topological polar surface area (TPSA) is 43.1 Å². The van der Waals surface area contributed by atoms with Gasteiger partial charge in [-0.1, -0.05) is 12.1 Å². The van der Waals surface area contributed by atoms with Crippen molar-refractivity contribution in [3.63, 3.8) is 0 Å². The minimum absolute atomic E-state index is 0.300. The molecule has 0 aliphatic carbocycles. The van der Waals surface area contributed by atoms with E-state index in [2.05, 4.69) is 0 Å². The molecule has 0 saturated carbocycles. The first kappa shape index (κ1) is 12.5. The molecule has 0 spiro atoms. The highest BCUT2D eigenvalue weighted by molar-refractivity contribution is 5.74. The molecule has 0 heterocycles. The number of hydrogen-bond acceptors (Lipinski definition) is 1. The maximum Gasteiger partial charge on any atom is 0.396 e. The van der Waals surface area contributed by atoms with Gasteiger partial charge in [0.2, 0.25) is 5.91 Å². The van der Waals surface area contributed by atoms with Crippen LogP contribution in [-0.2, 0) is 4.79 Å². The summed E-state index contributed by atoms with van der Waals surface area (Å²) in [4.78, 5) is 10.5. The smallest absolute Gasteiger partial charge is 0.370 e. The maximum absolute atomic E-state index is 12.8. The van der Waals surface area contributed by atoms with E-state index >= 15 is 0 Å². The van der Waals surface area contributed by atoms with Gasteiger partial charge >= 0.3 is 6.18 Å². The average molecular weight is 235 g/mol. The second-order valence-electron chi connectivity index (χ2n) is 3.32. The van der Waals surface area contributed by atoms with Gasteiger partial charge in [-0.2, -0.15) is 13.2 Å². The molecule has 1 atom stereocenters. The lowest BCUT2D eigenvalue weighted by Gasteiger charge is -2.19. The third-order valence-corrected chi connectivity index (χ3v) is 2.05. The Hall–Kier alpha value is -1.59. The molecule has 1 aromatic rings. The van der Waals surface area contributed by atoms with Crippen LogP contribution in [0.3, 0.4) is 0 Å². The minimum atomic E-state index is -4.62. The highest BCUT2D eigenvalue weighted by atomic mass is 19.4. The van der Waals surface area contributed by atoms with E-state index in [0.717, 1.165) is 24.3 Å². The number of alkyl halides is 3. The van der Waals surface area contributed by atoms with Crippen LogP contribution in [0.2, 0.25) is 0 Å². The number of carbonyl (C=O) groups is 1. The number of carbonyl (C=O) groups excluding carboxylic acids is 1. The first-order valence-corrected chi connectivity index (χ1v) is 4.41. The third-order valence-electron chi connectivity index (χ3n) is 2.05. The molecule has 88 valence electrons. The number of benzene rings is 1. The zero-order chi connectivity index (χ0) is 12.3. The van der Waals surface area contributed by atoms with E-state index in [1.165, 1.54) is 0 Å². The number of amides is 1. The summed E-state index contributed by atoms with van der Waals surface area (Å²) in [5, 5.41) is 0. The summed E-state index contributed by atoms with van der Waals surface area (Å²) >= 11 is 0. The second kappa shape index (κ2) is 4.51. The molecule has 1 rings (SSSR count). The van der Waals surface area contributed by atoms with Crippen molar-refractivity contribution in [1.82, 2.24) is 0 Å². The Morgan fingerprint density at radius 3 is 2.44 bits per heavy atom. The summed E-state index contributed by atoms with van der Waals surface area (Å²) in [7, 11) is 0. The van der Waals surface area contributed by atoms with Gasteiger partial charge in [-0.15, -0.1) is 0 Å². The molecule has 1 amide bonds. The molecule has 0 fully saturated rings. The highest BCUT2D eigenvalue weighted by Crippen LogP contribution is 2.37. The molecule has 1 unspecified atom stereocenters. The van der Waals surface area contributed by atoms with Gasteiger partial charge in [0.25, 0.3) is 0 Å². The van der Waals surface area contributed by atoms with Crippen LogP contribution in [0.4, 0.5) is 17.6 Å². The van der Waals surface area contributed by atoms with E-state index < -0.39 is 30.2 Å². The van der Waals surface area contributed by atoms with E-state index in [9.17, 15) is 22.4 Å². The largest absolute Gasteiger partial charge is 0.396 e. The van der Waals surface area contributed by atoms with Crippen molar-refractivity contribution >= 4 is 5.91 Å². The standard InChI is InChI=1S/C10H9F4NO/c11-7-3-1-2-6(4-7)8(5-9(15)16)10(12,13)14/h1-4,8H,5H2,(H2,15,16). The fourth-order valence-electron chi connectivity index (χ4n) is 1.35. The van der Waals surface area contributed by atoms with Gasteiger partial charge in [-0.25, -0.2) is 4.39 Å². The Kier molecular flexibility index (Phi) is 3.51. The van der Waals surface area contributed by atoms with Gasteiger partial charge < -0.3 is 5.73 Å². The van der Waals surface area contributed by atoms with Crippen LogP contribution in [0.25, 0.3) is 0 Å². The van der Waals surface area contributed by atoms with Crippen LogP contribution in [0.15, 0.2) is 24.3 Å². The molecule has 2 N–H and O–H groups in total. The fraction of sp³-hybridized carbons (Fsp3) is 0.300. The van der Waals surface area contributed by atoms with Crippen molar-refractivity contribution in [2.45, 2.75) is 18.5 Å². The minimum Gasteiger partial charge on any atom is -0.370 e. The normalized spacial score (nSPS) is 13.5. The van der Waals surface area contributed by atoms with Crippen molar-refractivity contribution in [2.24, 2.45) is 5.73 Å². The van der Waals surface area contributed by atoms with E-state index in [-0.39, 0.29) is 5.56 Å². The van der Waals surface area contributed by atoms with Crippen LogP contribution >= 0.6 is 0 Å². The van der Waals surface area contributed by atoms with E-state index in [1.807, 2.05) is 0 Å². The van der Waals surface area contributed by atoms with E-state index in [0.29, 0.717) is 0 Å². The molecule has 0 aliphatic heterocycles.